The highest BCUT2D eigenvalue weighted by atomic mass is 15.1. The Morgan fingerprint density at radius 3 is 1.07 bits per heavy atom. The first-order valence-electron chi connectivity index (χ1n) is 23.2. The van der Waals surface area contributed by atoms with Crippen LogP contribution in [0.25, 0.3) is 0 Å². The number of nitrogens with one attached hydrogen (secondary N) is 4. The standard InChI is InChI=1S/C48H86N6/c1-3-5-7-9-11-13-15-17-37-53-39-21-35-49-31-19-33-52-42-46-25-29-48(30-26-46)44-54(38-18-16-14-12-10-8-6-4-2)40-22-36-50-32-20-34-51-41-45-23-27-47(43-53)28-24-45/h23-30,49-52H,3-22,31-44H2,1-2H3. The molecule has 4 heterocycles. The Labute approximate surface area is 334 Å². The van der Waals surface area contributed by atoms with Gasteiger partial charge in [-0.15, -0.1) is 0 Å². The molecule has 0 spiro atoms. The van der Waals surface area contributed by atoms with Crippen molar-refractivity contribution < 1.29 is 0 Å². The molecule has 6 nitrogen and oxygen atoms in total. The Hall–Kier alpha value is -1.80. The summed E-state index contributed by atoms with van der Waals surface area (Å²) in [7, 11) is 0. The maximum absolute atomic E-state index is 3.73. The maximum atomic E-state index is 3.73. The van der Waals surface area contributed by atoms with Gasteiger partial charge in [0, 0.05) is 26.2 Å². The van der Waals surface area contributed by atoms with Gasteiger partial charge in [0.2, 0.25) is 0 Å². The Bertz CT molecular complexity index is 1000. The van der Waals surface area contributed by atoms with E-state index in [9.17, 15) is 0 Å². The summed E-state index contributed by atoms with van der Waals surface area (Å²) in [5, 5.41) is 14.8. The van der Waals surface area contributed by atoms with Crippen LogP contribution in [0.1, 0.15) is 165 Å². The van der Waals surface area contributed by atoms with E-state index in [0.29, 0.717) is 0 Å². The molecule has 54 heavy (non-hydrogen) atoms. The fraction of sp³-hybridized carbons (Fsp3) is 0.750. The summed E-state index contributed by atoms with van der Waals surface area (Å²) in [5.74, 6) is 0. The molecule has 0 fully saturated rings. The third kappa shape index (κ3) is 24.7. The van der Waals surface area contributed by atoms with E-state index in [1.54, 1.807) is 0 Å². The van der Waals surface area contributed by atoms with Gasteiger partial charge in [0.1, 0.15) is 0 Å². The molecule has 4 N–H and O–H groups in total. The second kappa shape index (κ2) is 33.4. The Morgan fingerprint density at radius 2 is 0.685 bits per heavy atom. The van der Waals surface area contributed by atoms with Crippen molar-refractivity contribution in [2.75, 3.05) is 65.4 Å². The quantitative estimate of drug-likeness (QED) is 0.114. The van der Waals surface area contributed by atoms with E-state index < -0.39 is 0 Å². The molecule has 4 bridgehead atoms. The zero-order valence-electron chi connectivity index (χ0n) is 35.6. The fourth-order valence-corrected chi connectivity index (χ4v) is 7.77. The molecule has 2 aromatic carbocycles. The van der Waals surface area contributed by atoms with E-state index in [0.717, 1.165) is 65.4 Å². The molecule has 0 unspecified atom stereocenters. The van der Waals surface area contributed by atoms with E-state index in [-0.39, 0.29) is 0 Å². The van der Waals surface area contributed by atoms with Gasteiger partial charge in [-0.25, -0.2) is 0 Å². The summed E-state index contributed by atoms with van der Waals surface area (Å²) in [6.07, 6.45) is 26.9. The second-order valence-electron chi connectivity index (χ2n) is 16.4. The molecule has 0 saturated carbocycles. The minimum absolute atomic E-state index is 0.956. The van der Waals surface area contributed by atoms with Crippen molar-refractivity contribution in [3.05, 3.63) is 70.8 Å². The number of hydrogen-bond acceptors (Lipinski definition) is 6. The average Bonchev–Trinajstić information content (AvgIpc) is 3.19. The van der Waals surface area contributed by atoms with Crippen LogP contribution < -0.4 is 21.3 Å². The summed E-state index contributed by atoms with van der Waals surface area (Å²) in [5.41, 5.74) is 5.69. The average molecular weight is 747 g/mol. The molecule has 6 rings (SSSR count). The normalized spacial score (nSPS) is 17.5. The number of unbranched alkanes of at least 4 members (excludes halogenated alkanes) is 14. The van der Waals surface area contributed by atoms with Crippen LogP contribution in [0.15, 0.2) is 48.5 Å². The predicted octanol–water partition coefficient (Wildman–Crippen LogP) is 10.2. The monoisotopic (exact) mass is 747 g/mol. The largest absolute Gasteiger partial charge is 0.317 e. The highest BCUT2D eigenvalue weighted by Crippen LogP contribution is 2.14. The molecule has 0 aliphatic carbocycles. The van der Waals surface area contributed by atoms with E-state index in [1.165, 1.54) is 177 Å². The molecule has 0 saturated heterocycles. The first kappa shape index (κ1) is 46.6. The molecular weight excluding hydrogens is 661 g/mol. The maximum Gasteiger partial charge on any atom is 0.0233 e. The van der Waals surface area contributed by atoms with Gasteiger partial charge >= 0.3 is 0 Å². The van der Waals surface area contributed by atoms with Crippen molar-refractivity contribution >= 4 is 0 Å². The highest BCUT2D eigenvalue weighted by molar-refractivity contribution is 5.23. The minimum atomic E-state index is 0.956. The van der Waals surface area contributed by atoms with Crippen molar-refractivity contribution in [1.82, 2.24) is 31.1 Å². The molecule has 0 amide bonds. The number of hydrogen-bond donors (Lipinski definition) is 4. The summed E-state index contributed by atoms with van der Waals surface area (Å²) < 4.78 is 0. The summed E-state index contributed by atoms with van der Waals surface area (Å²) >= 11 is 0. The van der Waals surface area contributed by atoms with Crippen LogP contribution in [-0.4, -0.2) is 75.2 Å². The lowest BCUT2D eigenvalue weighted by Gasteiger charge is -2.23. The molecule has 4 aliphatic heterocycles. The third-order valence-corrected chi connectivity index (χ3v) is 11.2. The molecule has 0 atom stereocenters. The van der Waals surface area contributed by atoms with Crippen molar-refractivity contribution in [2.45, 2.75) is 168 Å². The van der Waals surface area contributed by atoms with Gasteiger partial charge in [-0.05, 0) is 126 Å². The lowest BCUT2D eigenvalue weighted by atomic mass is 10.1. The van der Waals surface area contributed by atoms with Gasteiger partial charge in [-0.3, -0.25) is 9.80 Å². The van der Waals surface area contributed by atoms with Crippen LogP contribution in [-0.2, 0) is 26.2 Å². The molecule has 2 aromatic rings. The van der Waals surface area contributed by atoms with Gasteiger partial charge in [0.25, 0.3) is 0 Å². The van der Waals surface area contributed by atoms with Crippen molar-refractivity contribution in [1.29, 1.82) is 0 Å². The van der Waals surface area contributed by atoms with Gasteiger partial charge in [0.05, 0.1) is 0 Å². The van der Waals surface area contributed by atoms with E-state index in [2.05, 4.69) is 93.4 Å². The molecule has 6 heteroatoms. The Balaban J connectivity index is 1.45. The number of rotatable bonds is 18. The molecule has 0 radical (unpaired) electrons. The van der Waals surface area contributed by atoms with Gasteiger partial charge in [0.15, 0.2) is 0 Å². The Morgan fingerprint density at radius 1 is 0.370 bits per heavy atom. The van der Waals surface area contributed by atoms with Crippen molar-refractivity contribution in [3.63, 3.8) is 0 Å². The fourth-order valence-electron chi connectivity index (χ4n) is 7.77. The lowest BCUT2D eigenvalue weighted by molar-refractivity contribution is 0.254. The van der Waals surface area contributed by atoms with E-state index in [1.807, 2.05) is 0 Å². The third-order valence-electron chi connectivity index (χ3n) is 11.2. The molecule has 4 aliphatic rings. The van der Waals surface area contributed by atoms with Crippen LogP contribution in [0.2, 0.25) is 0 Å². The van der Waals surface area contributed by atoms with Crippen molar-refractivity contribution in [3.8, 4) is 0 Å². The highest BCUT2D eigenvalue weighted by Gasteiger charge is 2.09. The lowest BCUT2D eigenvalue weighted by Crippen LogP contribution is -2.29. The smallest absolute Gasteiger partial charge is 0.0233 e. The SMILES string of the molecule is CCCCCCCCCCN1CCCNCCCNCc2ccc(cc2)CN(CCCCCCCCCC)CCCNCCCNCc2ccc(cc2)C1. The van der Waals surface area contributed by atoms with Crippen LogP contribution in [0.4, 0.5) is 0 Å². The zero-order chi connectivity index (χ0) is 38.0. The van der Waals surface area contributed by atoms with E-state index in [4.69, 9.17) is 0 Å². The summed E-state index contributed by atoms with van der Waals surface area (Å²) in [6.45, 7) is 19.9. The first-order chi connectivity index (χ1) is 26.8. The zero-order valence-corrected chi connectivity index (χ0v) is 35.6. The van der Waals surface area contributed by atoms with Gasteiger partial charge in [-0.2, -0.15) is 0 Å². The topological polar surface area (TPSA) is 54.6 Å². The van der Waals surface area contributed by atoms with Crippen LogP contribution in [0.5, 0.6) is 0 Å². The first-order valence-corrected chi connectivity index (χ1v) is 23.2. The molecular formula is C48H86N6. The Kier molecular flexibility index (Phi) is 28.8. The van der Waals surface area contributed by atoms with Crippen LogP contribution >= 0.6 is 0 Å². The summed E-state index contributed by atoms with van der Waals surface area (Å²) in [4.78, 5) is 5.42. The van der Waals surface area contributed by atoms with E-state index >= 15 is 0 Å². The summed E-state index contributed by atoms with van der Waals surface area (Å²) in [6, 6.07) is 18.9. The molecule has 0 aromatic heterocycles. The number of benzene rings is 2. The predicted molar refractivity (Wildman–Crippen MR) is 236 cm³/mol. The minimum Gasteiger partial charge on any atom is -0.317 e. The van der Waals surface area contributed by atoms with Crippen molar-refractivity contribution in [2.24, 2.45) is 0 Å². The van der Waals surface area contributed by atoms with Crippen LogP contribution in [0, 0.1) is 0 Å². The second-order valence-corrected chi connectivity index (χ2v) is 16.4. The molecule has 308 valence electrons. The number of nitrogens with zero attached hydrogens (tertiary/aromatic N) is 2. The van der Waals surface area contributed by atoms with Gasteiger partial charge < -0.3 is 21.3 Å². The van der Waals surface area contributed by atoms with Crippen LogP contribution in [0.3, 0.4) is 0 Å². The van der Waals surface area contributed by atoms with Gasteiger partial charge in [-0.1, -0.05) is 152 Å².